The van der Waals surface area contributed by atoms with Gasteiger partial charge >= 0.3 is 5.97 Å². The maximum Gasteiger partial charge on any atom is 0.303 e. The topological polar surface area (TPSA) is 92.4 Å². The van der Waals surface area contributed by atoms with Crippen LogP contribution < -0.4 is 11.1 Å². The second-order valence-electron chi connectivity index (χ2n) is 4.32. The summed E-state index contributed by atoms with van der Waals surface area (Å²) >= 11 is 0. The Labute approximate surface area is 106 Å². The van der Waals surface area contributed by atoms with Crippen molar-refractivity contribution in [1.82, 2.24) is 0 Å². The van der Waals surface area contributed by atoms with Crippen LogP contribution in [0.4, 0.5) is 5.69 Å². The van der Waals surface area contributed by atoms with Crippen LogP contribution in [0.1, 0.15) is 25.3 Å². The fourth-order valence-corrected chi connectivity index (χ4v) is 1.51. The van der Waals surface area contributed by atoms with Crippen LogP contribution in [0.2, 0.25) is 0 Å². The first-order chi connectivity index (χ1) is 8.47. The molecule has 0 aliphatic rings. The second kappa shape index (κ2) is 6.76. The number of nitrogens with two attached hydrogens (primary N) is 1. The van der Waals surface area contributed by atoms with E-state index in [0.717, 1.165) is 5.56 Å². The maximum absolute atomic E-state index is 11.5. The lowest BCUT2D eigenvalue weighted by molar-refractivity contribution is -0.137. The highest BCUT2D eigenvalue weighted by Crippen LogP contribution is 2.11. The highest BCUT2D eigenvalue weighted by Gasteiger charge is 2.05. The van der Waals surface area contributed by atoms with Gasteiger partial charge in [0.05, 0.1) is 0 Å². The zero-order chi connectivity index (χ0) is 13.5. The Balaban J connectivity index is 2.49. The summed E-state index contributed by atoms with van der Waals surface area (Å²) in [6.07, 6.45) is 0.876. The summed E-state index contributed by atoms with van der Waals surface area (Å²) in [5.41, 5.74) is 7.15. The van der Waals surface area contributed by atoms with Gasteiger partial charge in [-0.1, -0.05) is 12.1 Å². The van der Waals surface area contributed by atoms with E-state index in [0.29, 0.717) is 12.1 Å². The summed E-state index contributed by atoms with van der Waals surface area (Å²) in [7, 11) is 0. The van der Waals surface area contributed by atoms with Gasteiger partial charge in [-0.05, 0) is 31.0 Å². The van der Waals surface area contributed by atoms with Gasteiger partial charge in [0.1, 0.15) is 0 Å². The van der Waals surface area contributed by atoms with E-state index in [1.165, 1.54) is 0 Å². The smallest absolute Gasteiger partial charge is 0.303 e. The van der Waals surface area contributed by atoms with Gasteiger partial charge in [-0.15, -0.1) is 0 Å². The van der Waals surface area contributed by atoms with Gasteiger partial charge in [0, 0.05) is 24.6 Å². The third-order valence-electron chi connectivity index (χ3n) is 2.37. The number of aliphatic carboxylic acids is 1. The van der Waals surface area contributed by atoms with Crippen molar-refractivity contribution < 1.29 is 14.7 Å². The molecule has 0 saturated heterocycles. The monoisotopic (exact) mass is 250 g/mol. The molecular weight excluding hydrogens is 232 g/mol. The molecule has 98 valence electrons. The molecule has 1 atom stereocenters. The zero-order valence-corrected chi connectivity index (χ0v) is 10.3. The van der Waals surface area contributed by atoms with Gasteiger partial charge in [0.25, 0.3) is 0 Å². The van der Waals surface area contributed by atoms with Crippen LogP contribution in [0.25, 0.3) is 0 Å². The molecule has 4 N–H and O–H groups in total. The molecule has 0 aromatic heterocycles. The Kier molecular flexibility index (Phi) is 5.32. The summed E-state index contributed by atoms with van der Waals surface area (Å²) in [5, 5.41) is 11.3. The molecule has 1 aromatic rings. The van der Waals surface area contributed by atoms with Crippen molar-refractivity contribution in [2.75, 3.05) is 5.32 Å². The molecule has 0 fully saturated rings. The van der Waals surface area contributed by atoms with E-state index in [9.17, 15) is 9.59 Å². The number of rotatable bonds is 6. The van der Waals surface area contributed by atoms with Gasteiger partial charge in [-0.2, -0.15) is 0 Å². The molecule has 0 radical (unpaired) electrons. The van der Waals surface area contributed by atoms with Crippen molar-refractivity contribution in [2.45, 2.75) is 32.2 Å². The molecule has 1 rings (SSSR count). The normalized spacial score (nSPS) is 11.9. The van der Waals surface area contributed by atoms with E-state index in [2.05, 4.69) is 5.32 Å². The number of aryl methyl sites for hydroxylation is 1. The minimum atomic E-state index is -0.815. The maximum atomic E-state index is 11.5. The molecule has 5 nitrogen and oxygen atoms in total. The van der Waals surface area contributed by atoms with Crippen molar-refractivity contribution in [1.29, 1.82) is 0 Å². The number of nitrogens with one attached hydrogen (secondary N) is 1. The SMILES string of the molecule is CC(N)CC(=O)Nc1ccc(CCC(=O)O)cc1. The molecule has 1 aromatic carbocycles. The number of hydrogen-bond donors (Lipinski definition) is 3. The number of hydrogen-bond acceptors (Lipinski definition) is 3. The third kappa shape index (κ3) is 5.45. The first-order valence-electron chi connectivity index (χ1n) is 5.83. The number of carboxylic acids is 1. The number of amides is 1. The quantitative estimate of drug-likeness (QED) is 0.711. The minimum absolute atomic E-state index is 0.108. The number of anilines is 1. The average Bonchev–Trinajstić information content (AvgIpc) is 2.26. The summed E-state index contributed by atoms with van der Waals surface area (Å²) in [5.74, 6) is -0.937. The van der Waals surface area contributed by atoms with Crippen molar-refractivity contribution in [3.63, 3.8) is 0 Å². The van der Waals surface area contributed by atoms with Crippen LogP contribution >= 0.6 is 0 Å². The molecule has 0 bridgehead atoms. The number of benzene rings is 1. The highest BCUT2D eigenvalue weighted by molar-refractivity contribution is 5.91. The van der Waals surface area contributed by atoms with Crippen LogP contribution in [0.15, 0.2) is 24.3 Å². The molecule has 0 aliphatic heterocycles. The van der Waals surface area contributed by atoms with Crippen LogP contribution in [-0.4, -0.2) is 23.0 Å². The summed E-state index contributed by atoms with van der Waals surface area (Å²) in [4.78, 5) is 21.9. The minimum Gasteiger partial charge on any atom is -0.481 e. The lowest BCUT2D eigenvalue weighted by Crippen LogP contribution is -2.23. The van der Waals surface area contributed by atoms with Gasteiger partial charge in [-0.25, -0.2) is 0 Å². The molecule has 0 spiro atoms. The van der Waals surface area contributed by atoms with Crippen molar-refractivity contribution in [2.24, 2.45) is 5.73 Å². The number of carbonyl (C=O) groups excluding carboxylic acids is 1. The fourth-order valence-electron chi connectivity index (χ4n) is 1.51. The van der Waals surface area contributed by atoms with Gasteiger partial charge in [0.15, 0.2) is 0 Å². The fraction of sp³-hybridized carbons (Fsp3) is 0.385. The van der Waals surface area contributed by atoms with E-state index in [-0.39, 0.29) is 24.8 Å². The van der Waals surface area contributed by atoms with Crippen LogP contribution in [0.5, 0.6) is 0 Å². The summed E-state index contributed by atoms with van der Waals surface area (Å²) in [6.45, 7) is 1.77. The van der Waals surface area contributed by atoms with Crippen molar-refractivity contribution in [3.8, 4) is 0 Å². The molecule has 0 aliphatic carbocycles. The van der Waals surface area contributed by atoms with Gasteiger partial charge in [-0.3, -0.25) is 9.59 Å². The molecular formula is C13H18N2O3. The molecule has 0 saturated carbocycles. The third-order valence-corrected chi connectivity index (χ3v) is 2.37. The van der Waals surface area contributed by atoms with Gasteiger partial charge in [0.2, 0.25) is 5.91 Å². The Morgan fingerprint density at radius 1 is 1.33 bits per heavy atom. The van der Waals surface area contributed by atoms with Crippen LogP contribution in [0.3, 0.4) is 0 Å². The number of carbonyl (C=O) groups is 2. The van der Waals surface area contributed by atoms with Crippen LogP contribution in [-0.2, 0) is 16.0 Å². The number of carboxylic acid groups (broad SMARTS) is 1. The van der Waals surface area contributed by atoms with E-state index in [1.54, 1.807) is 19.1 Å². The Morgan fingerprint density at radius 2 is 1.94 bits per heavy atom. The predicted octanol–water partition coefficient (Wildman–Crippen LogP) is 1.38. The Hall–Kier alpha value is -1.88. The van der Waals surface area contributed by atoms with E-state index in [1.807, 2.05) is 12.1 Å². The molecule has 1 unspecified atom stereocenters. The second-order valence-corrected chi connectivity index (χ2v) is 4.32. The first kappa shape index (κ1) is 14.2. The first-order valence-corrected chi connectivity index (χ1v) is 5.83. The summed E-state index contributed by atoms with van der Waals surface area (Å²) < 4.78 is 0. The van der Waals surface area contributed by atoms with Crippen molar-refractivity contribution in [3.05, 3.63) is 29.8 Å². The predicted molar refractivity (Wildman–Crippen MR) is 69.3 cm³/mol. The van der Waals surface area contributed by atoms with Gasteiger partial charge < -0.3 is 16.2 Å². The summed E-state index contributed by atoms with van der Waals surface area (Å²) in [6, 6.07) is 6.97. The molecule has 5 heteroatoms. The van der Waals surface area contributed by atoms with E-state index >= 15 is 0 Å². The lowest BCUT2D eigenvalue weighted by Gasteiger charge is -2.07. The molecule has 18 heavy (non-hydrogen) atoms. The van der Waals surface area contributed by atoms with Crippen LogP contribution in [0, 0.1) is 0 Å². The highest BCUT2D eigenvalue weighted by atomic mass is 16.4. The largest absolute Gasteiger partial charge is 0.481 e. The zero-order valence-electron chi connectivity index (χ0n) is 10.3. The van der Waals surface area contributed by atoms with E-state index in [4.69, 9.17) is 10.8 Å². The standard InChI is InChI=1S/C13H18N2O3/c1-9(14)8-12(16)15-11-5-2-10(3-6-11)4-7-13(17)18/h2-3,5-6,9H,4,7-8,14H2,1H3,(H,15,16)(H,17,18). The molecule has 1 amide bonds. The lowest BCUT2D eigenvalue weighted by atomic mass is 10.1. The van der Waals surface area contributed by atoms with Crippen molar-refractivity contribution >= 4 is 17.6 Å². The molecule has 0 heterocycles. The van der Waals surface area contributed by atoms with E-state index < -0.39 is 5.97 Å². The average molecular weight is 250 g/mol. The Bertz CT molecular complexity index is 413. The Morgan fingerprint density at radius 3 is 2.44 bits per heavy atom.